The van der Waals surface area contributed by atoms with E-state index in [4.69, 9.17) is 9.05 Å². The van der Waals surface area contributed by atoms with E-state index in [1.807, 2.05) is 31.2 Å². The molecule has 0 fully saturated rings. The fourth-order valence-corrected chi connectivity index (χ4v) is 3.19. The van der Waals surface area contributed by atoms with Crippen LogP contribution in [0.1, 0.15) is 25.0 Å². The summed E-state index contributed by atoms with van der Waals surface area (Å²) in [6.45, 7) is 10.1. The molecule has 0 spiro atoms. The smallest absolute Gasteiger partial charge is 0.305 e. The Kier molecular flexibility index (Phi) is 5.13. The van der Waals surface area contributed by atoms with Crippen molar-refractivity contribution in [3.63, 3.8) is 0 Å². The second-order valence-corrected chi connectivity index (χ2v) is 5.65. The van der Waals surface area contributed by atoms with Crippen molar-refractivity contribution >= 4 is 12.9 Å². The lowest BCUT2D eigenvalue weighted by molar-refractivity contribution is 0.230. The molecule has 3 nitrogen and oxygen atoms in total. The van der Waals surface area contributed by atoms with Crippen LogP contribution < -0.4 is 0 Å². The lowest BCUT2D eigenvalue weighted by atomic mass is 10.1. The van der Waals surface area contributed by atoms with E-state index in [2.05, 4.69) is 6.58 Å². The molecule has 94 valence electrons. The summed E-state index contributed by atoms with van der Waals surface area (Å²) in [5.41, 5.74) is 1.84. The highest BCUT2D eigenvalue weighted by atomic mass is 31.2. The van der Waals surface area contributed by atoms with Crippen molar-refractivity contribution in [2.24, 2.45) is 0 Å². The van der Waals surface area contributed by atoms with Gasteiger partial charge in [-0.25, -0.2) is 0 Å². The summed E-state index contributed by atoms with van der Waals surface area (Å²) in [6.07, 6.45) is 0. The maximum Gasteiger partial charge on any atom is 0.361 e. The summed E-state index contributed by atoms with van der Waals surface area (Å²) >= 11 is 0. The van der Waals surface area contributed by atoms with Crippen molar-refractivity contribution in [2.45, 2.75) is 20.8 Å². The van der Waals surface area contributed by atoms with Crippen LogP contribution in [-0.2, 0) is 13.6 Å². The van der Waals surface area contributed by atoms with Crippen molar-refractivity contribution in [1.29, 1.82) is 0 Å². The Morgan fingerprint density at radius 1 is 1.24 bits per heavy atom. The Morgan fingerprint density at radius 3 is 2.24 bits per heavy atom. The van der Waals surface area contributed by atoms with Gasteiger partial charge in [-0.2, -0.15) is 0 Å². The summed E-state index contributed by atoms with van der Waals surface area (Å²) in [7, 11) is -3.25. The Hall–Kier alpha value is -0.890. The summed E-state index contributed by atoms with van der Waals surface area (Å²) in [5.74, 6) is 0. The van der Waals surface area contributed by atoms with Gasteiger partial charge in [0, 0.05) is 0 Å². The van der Waals surface area contributed by atoms with Gasteiger partial charge in [0.1, 0.15) is 0 Å². The molecule has 0 aromatic heterocycles. The monoisotopic (exact) mass is 254 g/mol. The molecule has 0 radical (unpaired) electrons. The normalized spacial score (nSPS) is 11.5. The average molecular weight is 254 g/mol. The molecule has 0 aliphatic rings. The standard InChI is InChI=1S/C13H19O3P/c1-5-15-17(14,16-6-2)12(4)13-10-8-7-9-11(13)3/h7-10H,4-6H2,1-3H3. The van der Waals surface area contributed by atoms with Crippen LogP contribution in [0.3, 0.4) is 0 Å². The van der Waals surface area contributed by atoms with E-state index in [9.17, 15) is 4.57 Å². The van der Waals surface area contributed by atoms with Gasteiger partial charge >= 0.3 is 7.60 Å². The summed E-state index contributed by atoms with van der Waals surface area (Å²) in [5, 5.41) is 0.430. The summed E-state index contributed by atoms with van der Waals surface area (Å²) in [6, 6.07) is 7.64. The van der Waals surface area contributed by atoms with Gasteiger partial charge in [-0.3, -0.25) is 4.57 Å². The van der Waals surface area contributed by atoms with E-state index in [0.717, 1.165) is 11.1 Å². The molecule has 0 heterocycles. The topological polar surface area (TPSA) is 35.5 Å². The first-order chi connectivity index (χ1) is 8.05. The number of rotatable bonds is 6. The van der Waals surface area contributed by atoms with Crippen LogP contribution in [-0.4, -0.2) is 13.2 Å². The highest BCUT2D eigenvalue weighted by molar-refractivity contribution is 7.65. The van der Waals surface area contributed by atoms with E-state index >= 15 is 0 Å². The predicted molar refractivity (Wildman–Crippen MR) is 71.1 cm³/mol. The third-order valence-corrected chi connectivity index (χ3v) is 4.48. The van der Waals surface area contributed by atoms with Gasteiger partial charge in [-0.05, 0) is 31.9 Å². The quantitative estimate of drug-likeness (QED) is 0.712. The molecule has 0 aliphatic carbocycles. The second kappa shape index (κ2) is 6.15. The van der Waals surface area contributed by atoms with E-state index in [1.54, 1.807) is 13.8 Å². The molecule has 0 unspecified atom stereocenters. The van der Waals surface area contributed by atoms with Crippen LogP contribution in [0.25, 0.3) is 5.31 Å². The highest BCUT2D eigenvalue weighted by Crippen LogP contribution is 2.59. The molecular formula is C13H19O3P. The largest absolute Gasteiger partial charge is 0.361 e. The van der Waals surface area contributed by atoms with E-state index in [-0.39, 0.29) is 0 Å². The van der Waals surface area contributed by atoms with E-state index < -0.39 is 7.60 Å². The van der Waals surface area contributed by atoms with Crippen LogP contribution in [0.5, 0.6) is 0 Å². The summed E-state index contributed by atoms with van der Waals surface area (Å²) in [4.78, 5) is 0. The summed E-state index contributed by atoms with van der Waals surface area (Å²) < 4.78 is 23.1. The van der Waals surface area contributed by atoms with Crippen LogP contribution in [0, 0.1) is 6.92 Å². The molecule has 4 heteroatoms. The Bertz CT molecular complexity index is 430. The van der Waals surface area contributed by atoms with Crippen molar-refractivity contribution < 1.29 is 13.6 Å². The van der Waals surface area contributed by atoms with Crippen molar-refractivity contribution in [3.05, 3.63) is 42.0 Å². The minimum Gasteiger partial charge on any atom is -0.305 e. The molecule has 1 rings (SSSR count). The molecule has 17 heavy (non-hydrogen) atoms. The first-order valence-electron chi connectivity index (χ1n) is 5.69. The Morgan fingerprint density at radius 2 is 1.76 bits per heavy atom. The molecule has 0 bridgehead atoms. The minimum atomic E-state index is -3.25. The fraction of sp³-hybridized carbons (Fsp3) is 0.385. The third kappa shape index (κ3) is 3.29. The number of aryl methyl sites for hydroxylation is 1. The number of benzene rings is 1. The molecule has 0 saturated heterocycles. The Balaban J connectivity index is 3.09. The van der Waals surface area contributed by atoms with Crippen molar-refractivity contribution in [3.8, 4) is 0 Å². The van der Waals surface area contributed by atoms with Gasteiger partial charge in [0.05, 0.1) is 18.5 Å². The van der Waals surface area contributed by atoms with Gasteiger partial charge in [0.25, 0.3) is 0 Å². The van der Waals surface area contributed by atoms with Gasteiger partial charge in [-0.15, -0.1) is 0 Å². The first-order valence-corrected chi connectivity index (χ1v) is 7.24. The minimum absolute atomic E-state index is 0.335. The highest BCUT2D eigenvalue weighted by Gasteiger charge is 2.29. The molecule has 0 amide bonds. The lowest BCUT2D eigenvalue weighted by Gasteiger charge is -2.20. The van der Waals surface area contributed by atoms with Gasteiger partial charge in [0.2, 0.25) is 0 Å². The van der Waals surface area contributed by atoms with Crippen molar-refractivity contribution in [1.82, 2.24) is 0 Å². The zero-order chi connectivity index (χ0) is 12.9. The molecule has 1 aromatic rings. The van der Waals surface area contributed by atoms with Crippen LogP contribution >= 0.6 is 7.60 Å². The van der Waals surface area contributed by atoms with E-state index in [0.29, 0.717) is 18.5 Å². The van der Waals surface area contributed by atoms with Crippen LogP contribution in [0.2, 0.25) is 0 Å². The number of hydrogen-bond donors (Lipinski definition) is 0. The number of hydrogen-bond acceptors (Lipinski definition) is 3. The van der Waals surface area contributed by atoms with E-state index in [1.165, 1.54) is 0 Å². The van der Waals surface area contributed by atoms with Gasteiger partial charge in [-0.1, -0.05) is 30.8 Å². The van der Waals surface area contributed by atoms with Gasteiger partial charge in [0.15, 0.2) is 0 Å². The maximum atomic E-state index is 12.5. The predicted octanol–water partition coefficient (Wildman–Crippen LogP) is 4.23. The molecule has 0 N–H and O–H groups in total. The molecule has 0 saturated carbocycles. The fourth-order valence-electron chi connectivity index (χ4n) is 1.58. The average Bonchev–Trinajstić information content (AvgIpc) is 2.29. The maximum absolute atomic E-state index is 12.5. The zero-order valence-electron chi connectivity index (χ0n) is 10.6. The van der Waals surface area contributed by atoms with Gasteiger partial charge < -0.3 is 9.05 Å². The molecule has 0 aliphatic heterocycles. The Labute approximate surface area is 103 Å². The van der Waals surface area contributed by atoms with Crippen molar-refractivity contribution in [2.75, 3.05) is 13.2 Å². The second-order valence-electron chi connectivity index (χ2n) is 3.59. The molecule has 0 atom stereocenters. The van der Waals surface area contributed by atoms with Crippen LogP contribution in [0.15, 0.2) is 30.8 Å². The molecule has 1 aromatic carbocycles. The lowest BCUT2D eigenvalue weighted by Crippen LogP contribution is -1.99. The SMILES string of the molecule is C=C(c1ccccc1C)P(=O)(OCC)OCC. The van der Waals surface area contributed by atoms with Crippen LogP contribution in [0.4, 0.5) is 0 Å². The first kappa shape index (κ1) is 14.2. The third-order valence-electron chi connectivity index (χ3n) is 2.38. The zero-order valence-corrected chi connectivity index (χ0v) is 11.5. The molecular weight excluding hydrogens is 235 g/mol.